The van der Waals surface area contributed by atoms with Crippen molar-refractivity contribution < 1.29 is 18.6 Å². The molecule has 0 radical (unpaired) electrons. The Kier molecular flexibility index (Phi) is 8.06. The summed E-state index contributed by atoms with van der Waals surface area (Å²) in [5.74, 6) is 3.30. The lowest BCUT2D eigenvalue weighted by Gasteiger charge is -2.11. The van der Waals surface area contributed by atoms with E-state index in [9.17, 15) is 0 Å². The number of methoxy groups -OCH3 is 3. The molecule has 0 fully saturated rings. The zero-order chi connectivity index (χ0) is 28.9. The molecule has 0 atom stereocenters. The van der Waals surface area contributed by atoms with E-state index < -0.39 is 0 Å². The Morgan fingerprint density at radius 3 is 2.48 bits per heavy atom. The van der Waals surface area contributed by atoms with Gasteiger partial charge in [0, 0.05) is 36.0 Å². The number of hydrogen-bond donors (Lipinski definition) is 0. The summed E-state index contributed by atoms with van der Waals surface area (Å²) in [6.45, 7) is 1.12. The quantitative estimate of drug-likeness (QED) is 0.179. The van der Waals surface area contributed by atoms with E-state index in [1.165, 1.54) is 11.8 Å². The molecule has 0 amide bonds. The second-order valence-electron chi connectivity index (χ2n) is 9.12. The number of pyridine rings is 2. The van der Waals surface area contributed by atoms with Crippen molar-refractivity contribution in [2.24, 2.45) is 0 Å². The van der Waals surface area contributed by atoms with Crippen LogP contribution in [0.15, 0.2) is 82.6 Å². The summed E-state index contributed by atoms with van der Waals surface area (Å²) in [5.41, 5.74) is 4.14. The first-order valence-corrected chi connectivity index (χ1v) is 14.1. The molecule has 42 heavy (non-hydrogen) atoms. The second kappa shape index (κ2) is 12.4. The Labute approximate surface area is 245 Å². The zero-order valence-corrected chi connectivity index (χ0v) is 24.0. The monoisotopic (exact) mass is 581 g/mol. The van der Waals surface area contributed by atoms with E-state index in [2.05, 4.69) is 25.4 Å². The van der Waals surface area contributed by atoms with Crippen LogP contribution < -0.4 is 9.47 Å². The smallest absolute Gasteiger partial charge is 0.248 e. The summed E-state index contributed by atoms with van der Waals surface area (Å²) < 4.78 is 24.4. The van der Waals surface area contributed by atoms with E-state index in [4.69, 9.17) is 23.6 Å². The molecule has 11 nitrogen and oxygen atoms in total. The van der Waals surface area contributed by atoms with Gasteiger partial charge in [0.05, 0.1) is 49.9 Å². The predicted molar refractivity (Wildman–Crippen MR) is 158 cm³/mol. The molecular weight excluding hydrogens is 554 g/mol. The molecule has 0 aliphatic rings. The minimum Gasteiger partial charge on any atom is -0.493 e. The van der Waals surface area contributed by atoms with Crippen LogP contribution in [0.25, 0.3) is 45.0 Å². The van der Waals surface area contributed by atoms with Gasteiger partial charge < -0.3 is 18.6 Å². The van der Waals surface area contributed by atoms with Crippen molar-refractivity contribution in [1.82, 2.24) is 34.9 Å². The average Bonchev–Trinajstić information content (AvgIpc) is 3.69. The molecule has 0 spiro atoms. The number of aromatic nitrogens is 7. The topological polar surface area (TPSA) is 123 Å². The fourth-order valence-corrected chi connectivity index (χ4v) is 5.34. The van der Waals surface area contributed by atoms with Crippen molar-refractivity contribution in [3.63, 3.8) is 0 Å². The minimum atomic E-state index is 0.407. The van der Waals surface area contributed by atoms with E-state index in [-0.39, 0.29) is 0 Å². The number of rotatable bonds is 11. The van der Waals surface area contributed by atoms with Crippen molar-refractivity contribution in [2.75, 3.05) is 27.9 Å². The number of hydrogen-bond acceptors (Lipinski definition) is 11. The van der Waals surface area contributed by atoms with Crippen LogP contribution in [0.5, 0.6) is 11.5 Å². The zero-order valence-electron chi connectivity index (χ0n) is 23.2. The SMILES string of the molecule is COCCn1c(SCc2nnc(-c3cc(-c4ccc(OC)c(OC)c4)nc4ccccc34)o2)nnc1-c1ccncc1. The maximum Gasteiger partial charge on any atom is 0.248 e. The third-order valence-electron chi connectivity index (χ3n) is 6.59. The van der Waals surface area contributed by atoms with E-state index in [0.717, 1.165) is 44.3 Å². The Balaban J connectivity index is 1.30. The summed E-state index contributed by atoms with van der Waals surface area (Å²) in [5, 5.41) is 19.2. The molecule has 0 saturated heterocycles. The maximum absolute atomic E-state index is 6.18. The number of ether oxygens (including phenoxy) is 3. The molecule has 0 aliphatic carbocycles. The summed E-state index contributed by atoms with van der Waals surface area (Å²) in [6.07, 6.45) is 3.47. The predicted octanol–water partition coefficient (Wildman–Crippen LogP) is 5.56. The Bertz CT molecular complexity index is 1820. The Morgan fingerprint density at radius 2 is 1.67 bits per heavy atom. The van der Waals surface area contributed by atoms with Crippen LogP contribution in [0.3, 0.4) is 0 Å². The lowest BCUT2D eigenvalue weighted by Crippen LogP contribution is -2.07. The van der Waals surface area contributed by atoms with E-state index in [1.54, 1.807) is 33.7 Å². The van der Waals surface area contributed by atoms with Crippen LogP contribution in [0.1, 0.15) is 5.89 Å². The van der Waals surface area contributed by atoms with Crippen molar-refractivity contribution in [3.8, 4) is 45.6 Å². The highest BCUT2D eigenvalue weighted by Gasteiger charge is 2.19. The van der Waals surface area contributed by atoms with Gasteiger partial charge in [-0.2, -0.15) is 0 Å². The molecule has 4 aromatic heterocycles. The maximum atomic E-state index is 6.18. The molecule has 0 saturated carbocycles. The molecule has 212 valence electrons. The van der Waals surface area contributed by atoms with Crippen molar-refractivity contribution in [2.45, 2.75) is 17.5 Å². The van der Waals surface area contributed by atoms with Gasteiger partial charge >= 0.3 is 0 Å². The van der Waals surface area contributed by atoms with Crippen molar-refractivity contribution >= 4 is 22.7 Å². The third kappa shape index (κ3) is 5.54. The summed E-state index contributed by atoms with van der Waals surface area (Å²) in [7, 11) is 4.89. The molecule has 0 unspecified atom stereocenters. The highest BCUT2D eigenvalue weighted by molar-refractivity contribution is 7.98. The normalized spacial score (nSPS) is 11.2. The van der Waals surface area contributed by atoms with Crippen LogP contribution in [-0.2, 0) is 17.0 Å². The number of para-hydroxylation sites is 1. The van der Waals surface area contributed by atoms with Crippen LogP contribution in [-0.4, -0.2) is 62.9 Å². The minimum absolute atomic E-state index is 0.407. The van der Waals surface area contributed by atoms with Gasteiger partial charge in [-0.15, -0.1) is 20.4 Å². The number of nitrogens with zero attached hydrogens (tertiary/aromatic N) is 7. The van der Waals surface area contributed by atoms with E-state index >= 15 is 0 Å². The summed E-state index contributed by atoms with van der Waals surface area (Å²) in [4.78, 5) is 8.98. The summed E-state index contributed by atoms with van der Waals surface area (Å²) >= 11 is 1.47. The van der Waals surface area contributed by atoms with Crippen molar-refractivity contribution in [3.05, 3.63) is 78.9 Å². The highest BCUT2D eigenvalue weighted by Crippen LogP contribution is 2.36. The largest absolute Gasteiger partial charge is 0.493 e. The lowest BCUT2D eigenvalue weighted by atomic mass is 10.0. The Hall–Kier alpha value is -4.81. The molecule has 0 bridgehead atoms. The van der Waals surface area contributed by atoms with Gasteiger partial charge in [-0.25, -0.2) is 4.98 Å². The molecule has 0 aliphatic heterocycles. The number of thioether (sulfide) groups is 1. The molecule has 0 N–H and O–H groups in total. The lowest BCUT2D eigenvalue weighted by molar-refractivity contribution is 0.185. The van der Waals surface area contributed by atoms with E-state index in [0.29, 0.717) is 42.2 Å². The van der Waals surface area contributed by atoms with Gasteiger partial charge in [-0.1, -0.05) is 30.0 Å². The molecule has 2 aromatic carbocycles. The van der Waals surface area contributed by atoms with Gasteiger partial charge in [-0.3, -0.25) is 9.55 Å². The summed E-state index contributed by atoms with van der Waals surface area (Å²) in [6, 6.07) is 19.3. The van der Waals surface area contributed by atoms with Gasteiger partial charge in [0.15, 0.2) is 22.5 Å². The second-order valence-corrected chi connectivity index (χ2v) is 10.1. The van der Waals surface area contributed by atoms with Gasteiger partial charge in [0.1, 0.15) is 0 Å². The molecule has 6 rings (SSSR count). The highest BCUT2D eigenvalue weighted by atomic mass is 32.2. The van der Waals surface area contributed by atoms with Crippen LogP contribution >= 0.6 is 11.8 Å². The molecule has 6 aromatic rings. The third-order valence-corrected chi connectivity index (χ3v) is 7.54. The number of benzene rings is 2. The van der Waals surface area contributed by atoms with Crippen LogP contribution in [0.4, 0.5) is 0 Å². The standard InChI is InChI=1S/C30H27N7O4S/c1-38-15-14-37-28(19-10-12-31-13-11-19)34-36-30(37)42-18-27-33-35-29(41-27)22-17-24(32-23-7-5-4-6-21(22)23)20-8-9-25(39-2)26(16-20)40-3/h4-13,16-17H,14-15,18H2,1-3H3. The Morgan fingerprint density at radius 1 is 0.833 bits per heavy atom. The molecule has 12 heteroatoms. The van der Waals surface area contributed by atoms with Gasteiger partial charge in [0.2, 0.25) is 11.8 Å². The van der Waals surface area contributed by atoms with Crippen molar-refractivity contribution in [1.29, 1.82) is 0 Å². The fourth-order valence-electron chi connectivity index (χ4n) is 4.54. The van der Waals surface area contributed by atoms with E-state index in [1.807, 2.05) is 65.2 Å². The van der Waals surface area contributed by atoms with Crippen LogP contribution in [0, 0.1) is 0 Å². The average molecular weight is 582 g/mol. The fraction of sp³-hybridized carbons (Fsp3) is 0.200. The number of fused-ring (bicyclic) bond motifs is 1. The first-order chi connectivity index (χ1) is 20.7. The van der Waals surface area contributed by atoms with Crippen LogP contribution in [0.2, 0.25) is 0 Å². The first kappa shape index (κ1) is 27.4. The molecule has 4 heterocycles. The van der Waals surface area contributed by atoms with Gasteiger partial charge in [0.25, 0.3) is 0 Å². The van der Waals surface area contributed by atoms with Gasteiger partial charge in [-0.05, 0) is 42.5 Å². The molecular formula is C30H27N7O4S. The first-order valence-electron chi connectivity index (χ1n) is 13.1.